The van der Waals surface area contributed by atoms with E-state index in [-0.39, 0.29) is 12.3 Å². The lowest BCUT2D eigenvalue weighted by atomic mass is 9.77. The second-order valence-electron chi connectivity index (χ2n) is 7.62. The highest BCUT2D eigenvalue weighted by atomic mass is 16.5. The molecular weight excluding hydrogens is 344 g/mol. The fourth-order valence-electron chi connectivity index (χ4n) is 4.46. The Balaban J connectivity index is 1.44. The largest absolute Gasteiger partial charge is 0.497 e. The number of amides is 1. The van der Waals surface area contributed by atoms with E-state index in [1.807, 2.05) is 12.1 Å². The van der Waals surface area contributed by atoms with Gasteiger partial charge in [-0.3, -0.25) is 14.5 Å². The molecule has 2 saturated heterocycles. The fourth-order valence-corrected chi connectivity index (χ4v) is 4.46. The van der Waals surface area contributed by atoms with E-state index in [9.17, 15) is 14.7 Å². The number of methoxy groups -OCH3 is 1. The topological polar surface area (TPSA) is 78.9 Å². The van der Waals surface area contributed by atoms with Crippen LogP contribution >= 0.6 is 0 Å². The molecule has 142 valence electrons. The maximum Gasteiger partial charge on any atom is 0.309 e. The fraction of sp³-hybridized carbons (Fsp3) is 0.429. The minimum atomic E-state index is -0.869. The zero-order valence-corrected chi connectivity index (χ0v) is 15.4. The molecule has 0 radical (unpaired) electrons. The SMILES string of the molecule is COc1ccc2cc(CN3CCC4(CC3)NC(=O)C[C@@H]4C(=O)O)ccc2c1. The number of aliphatic carboxylic acids is 1. The summed E-state index contributed by atoms with van der Waals surface area (Å²) in [4.78, 5) is 25.7. The third-order valence-electron chi connectivity index (χ3n) is 6.01. The lowest BCUT2D eigenvalue weighted by molar-refractivity contribution is -0.144. The van der Waals surface area contributed by atoms with Crippen molar-refractivity contribution in [3.05, 3.63) is 42.0 Å². The highest BCUT2D eigenvalue weighted by Crippen LogP contribution is 2.37. The van der Waals surface area contributed by atoms with Gasteiger partial charge in [-0.25, -0.2) is 0 Å². The van der Waals surface area contributed by atoms with Gasteiger partial charge in [0.15, 0.2) is 0 Å². The summed E-state index contributed by atoms with van der Waals surface area (Å²) < 4.78 is 5.27. The number of nitrogens with one attached hydrogen (secondary N) is 1. The van der Waals surface area contributed by atoms with Crippen LogP contribution in [0, 0.1) is 5.92 Å². The number of nitrogens with zero attached hydrogens (tertiary/aromatic N) is 1. The number of rotatable bonds is 4. The molecular formula is C21H24N2O4. The van der Waals surface area contributed by atoms with Crippen LogP contribution in [0.3, 0.4) is 0 Å². The minimum Gasteiger partial charge on any atom is -0.497 e. The van der Waals surface area contributed by atoms with Crippen molar-refractivity contribution < 1.29 is 19.4 Å². The smallest absolute Gasteiger partial charge is 0.309 e. The van der Waals surface area contributed by atoms with E-state index < -0.39 is 17.4 Å². The molecule has 0 aliphatic carbocycles. The Bertz CT molecular complexity index is 887. The molecule has 1 atom stereocenters. The predicted molar refractivity (Wildman–Crippen MR) is 102 cm³/mol. The van der Waals surface area contributed by atoms with Gasteiger partial charge in [0, 0.05) is 26.1 Å². The molecule has 2 fully saturated rings. The van der Waals surface area contributed by atoms with Gasteiger partial charge in [-0.2, -0.15) is 0 Å². The van der Waals surface area contributed by atoms with E-state index in [0.717, 1.165) is 30.8 Å². The van der Waals surface area contributed by atoms with Crippen molar-refractivity contribution in [2.45, 2.75) is 31.3 Å². The van der Waals surface area contributed by atoms with Crippen LogP contribution in [0.4, 0.5) is 0 Å². The Morgan fingerprint density at radius 3 is 2.63 bits per heavy atom. The van der Waals surface area contributed by atoms with Gasteiger partial charge in [0.2, 0.25) is 5.91 Å². The monoisotopic (exact) mass is 368 g/mol. The third kappa shape index (κ3) is 3.37. The van der Waals surface area contributed by atoms with Crippen LogP contribution in [0.5, 0.6) is 5.75 Å². The lowest BCUT2D eigenvalue weighted by Crippen LogP contribution is -2.55. The number of carbonyl (C=O) groups is 2. The van der Waals surface area contributed by atoms with Crippen LogP contribution in [0.15, 0.2) is 36.4 Å². The van der Waals surface area contributed by atoms with E-state index in [2.05, 4.69) is 34.5 Å². The Hall–Kier alpha value is -2.60. The lowest BCUT2D eigenvalue weighted by Gasteiger charge is -2.41. The number of carbonyl (C=O) groups excluding carboxylic acids is 1. The van der Waals surface area contributed by atoms with E-state index in [0.29, 0.717) is 12.8 Å². The number of piperidine rings is 1. The molecule has 1 spiro atoms. The Morgan fingerprint density at radius 1 is 1.22 bits per heavy atom. The second kappa shape index (κ2) is 6.85. The second-order valence-corrected chi connectivity index (χ2v) is 7.62. The first-order valence-electron chi connectivity index (χ1n) is 9.32. The number of likely N-dealkylation sites (tertiary alicyclic amines) is 1. The van der Waals surface area contributed by atoms with Gasteiger partial charge in [-0.1, -0.05) is 18.2 Å². The Kier molecular flexibility index (Phi) is 4.52. The molecule has 2 heterocycles. The average molecular weight is 368 g/mol. The van der Waals surface area contributed by atoms with Crippen molar-refractivity contribution in [2.24, 2.45) is 5.92 Å². The maximum atomic E-state index is 11.8. The zero-order chi connectivity index (χ0) is 19.0. The predicted octanol–water partition coefficient (Wildman–Crippen LogP) is 2.40. The number of fused-ring (bicyclic) bond motifs is 1. The van der Waals surface area contributed by atoms with Crippen molar-refractivity contribution in [3.8, 4) is 5.75 Å². The molecule has 2 aromatic carbocycles. The molecule has 0 unspecified atom stereocenters. The first-order chi connectivity index (χ1) is 13.0. The zero-order valence-electron chi connectivity index (χ0n) is 15.4. The van der Waals surface area contributed by atoms with E-state index >= 15 is 0 Å². The summed E-state index contributed by atoms with van der Waals surface area (Å²) in [5.41, 5.74) is 0.660. The van der Waals surface area contributed by atoms with E-state index in [1.165, 1.54) is 10.9 Å². The maximum absolute atomic E-state index is 11.8. The summed E-state index contributed by atoms with van der Waals surface area (Å²) >= 11 is 0. The molecule has 6 nitrogen and oxygen atoms in total. The van der Waals surface area contributed by atoms with Crippen LogP contribution in [0.1, 0.15) is 24.8 Å². The van der Waals surface area contributed by atoms with Gasteiger partial charge in [0.1, 0.15) is 5.75 Å². The summed E-state index contributed by atoms with van der Waals surface area (Å²) in [6, 6.07) is 12.5. The molecule has 2 aromatic rings. The van der Waals surface area contributed by atoms with Crippen molar-refractivity contribution in [1.82, 2.24) is 10.2 Å². The number of hydrogen-bond donors (Lipinski definition) is 2. The Labute approximate surface area is 158 Å². The first-order valence-corrected chi connectivity index (χ1v) is 9.32. The Morgan fingerprint density at radius 2 is 1.93 bits per heavy atom. The van der Waals surface area contributed by atoms with Crippen LogP contribution in [0.2, 0.25) is 0 Å². The number of hydrogen-bond acceptors (Lipinski definition) is 4. The van der Waals surface area contributed by atoms with Gasteiger partial charge >= 0.3 is 5.97 Å². The van der Waals surface area contributed by atoms with Crippen molar-refractivity contribution >= 4 is 22.6 Å². The number of carboxylic acids is 1. The molecule has 4 rings (SSSR count). The molecule has 0 saturated carbocycles. The average Bonchev–Trinajstić information content (AvgIpc) is 2.99. The van der Waals surface area contributed by atoms with Crippen LogP contribution in [-0.2, 0) is 16.1 Å². The van der Waals surface area contributed by atoms with Crippen molar-refractivity contribution in [1.29, 1.82) is 0 Å². The van der Waals surface area contributed by atoms with Crippen LogP contribution in [-0.4, -0.2) is 47.6 Å². The third-order valence-corrected chi connectivity index (χ3v) is 6.01. The van der Waals surface area contributed by atoms with E-state index in [4.69, 9.17) is 4.74 Å². The van der Waals surface area contributed by atoms with Gasteiger partial charge < -0.3 is 15.2 Å². The summed E-state index contributed by atoms with van der Waals surface area (Å²) in [7, 11) is 1.67. The molecule has 2 aliphatic rings. The van der Waals surface area contributed by atoms with Crippen LogP contribution < -0.4 is 10.1 Å². The van der Waals surface area contributed by atoms with Gasteiger partial charge in [0.25, 0.3) is 0 Å². The molecule has 0 aromatic heterocycles. The normalized spacial score (nSPS) is 22.1. The van der Waals surface area contributed by atoms with Crippen molar-refractivity contribution in [3.63, 3.8) is 0 Å². The highest BCUT2D eigenvalue weighted by Gasteiger charge is 2.51. The van der Waals surface area contributed by atoms with Crippen molar-refractivity contribution in [2.75, 3.05) is 20.2 Å². The van der Waals surface area contributed by atoms with Crippen LogP contribution in [0.25, 0.3) is 10.8 Å². The summed E-state index contributed by atoms with van der Waals surface area (Å²) in [5, 5.41) is 14.8. The standard InChI is InChI=1S/C21H24N2O4/c1-27-17-5-4-15-10-14(2-3-16(15)11-17)13-23-8-6-21(7-9-23)18(20(25)26)12-19(24)22-21/h2-5,10-11,18H,6-9,12-13H2,1H3,(H,22,24)(H,25,26)/t18-/m1/s1. The quantitative estimate of drug-likeness (QED) is 0.866. The molecule has 27 heavy (non-hydrogen) atoms. The minimum absolute atomic E-state index is 0.101. The summed E-state index contributed by atoms with van der Waals surface area (Å²) in [6.07, 6.45) is 1.46. The summed E-state index contributed by atoms with van der Waals surface area (Å²) in [5.74, 6) is -0.765. The molecule has 1 amide bonds. The van der Waals surface area contributed by atoms with Gasteiger partial charge in [0.05, 0.1) is 18.6 Å². The molecule has 2 N–H and O–H groups in total. The molecule has 0 bridgehead atoms. The summed E-state index contributed by atoms with van der Waals surface area (Å²) in [6.45, 7) is 2.39. The van der Waals surface area contributed by atoms with E-state index in [1.54, 1.807) is 7.11 Å². The number of benzene rings is 2. The number of ether oxygens (including phenoxy) is 1. The first kappa shape index (κ1) is 17.8. The molecule has 2 aliphatic heterocycles. The van der Waals surface area contributed by atoms with Gasteiger partial charge in [-0.15, -0.1) is 0 Å². The number of carboxylic acid groups (broad SMARTS) is 1. The van der Waals surface area contributed by atoms with Gasteiger partial charge in [-0.05, 0) is 47.4 Å². The highest BCUT2D eigenvalue weighted by molar-refractivity contribution is 5.88. The molecule has 6 heteroatoms.